The van der Waals surface area contributed by atoms with Crippen LogP contribution in [0.2, 0.25) is 0 Å². The maximum Gasteiger partial charge on any atom is 0.408 e. The van der Waals surface area contributed by atoms with E-state index in [1.54, 1.807) is 0 Å². The van der Waals surface area contributed by atoms with Crippen LogP contribution in [0.3, 0.4) is 0 Å². The SMILES string of the molecule is COC(=O)C=C[C@H]1CC[C@@H](c2cc(F)c(F)cc2F)N1C(=O)O. The maximum absolute atomic E-state index is 13.9. The Balaban J connectivity index is 2.33. The monoisotopic (exact) mass is 329 g/mol. The predicted molar refractivity (Wildman–Crippen MR) is 73.1 cm³/mol. The number of methoxy groups -OCH3 is 1. The number of benzene rings is 1. The fourth-order valence-corrected chi connectivity index (χ4v) is 2.66. The van der Waals surface area contributed by atoms with Gasteiger partial charge in [0.15, 0.2) is 11.6 Å². The zero-order valence-corrected chi connectivity index (χ0v) is 12.1. The van der Waals surface area contributed by atoms with E-state index in [2.05, 4.69) is 4.74 Å². The quantitative estimate of drug-likeness (QED) is 0.526. The highest BCUT2D eigenvalue weighted by atomic mass is 19.2. The molecule has 1 N–H and O–H groups in total. The average Bonchev–Trinajstić information content (AvgIpc) is 2.92. The molecule has 0 radical (unpaired) electrons. The molecule has 1 aromatic rings. The van der Waals surface area contributed by atoms with Crippen molar-refractivity contribution < 1.29 is 32.6 Å². The van der Waals surface area contributed by atoms with Crippen LogP contribution in [0.1, 0.15) is 24.4 Å². The van der Waals surface area contributed by atoms with E-state index in [9.17, 15) is 27.9 Å². The van der Waals surface area contributed by atoms with Crippen molar-refractivity contribution in [1.82, 2.24) is 4.90 Å². The van der Waals surface area contributed by atoms with Crippen molar-refractivity contribution >= 4 is 12.1 Å². The molecule has 1 amide bonds. The summed E-state index contributed by atoms with van der Waals surface area (Å²) in [6.07, 6.45) is 1.58. The summed E-state index contributed by atoms with van der Waals surface area (Å²) in [6, 6.07) is -0.598. The number of esters is 1. The maximum atomic E-state index is 13.9. The van der Waals surface area contributed by atoms with Gasteiger partial charge in [-0.3, -0.25) is 4.90 Å². The van der Waals surface area contributed by atoms with Crippen LogP contribution in [0.15, 0.2) is 24.3 Å². The van der Waals surface area contributed by atoms with Crippen molar-refractivity contribution in [2.45, 2.75) is 24.9 Å². The van der Waals surface area contributed by atoms with E-state index in [1.807, 2.05) is 0 Å². The Hall–Kier alpha value is -2.51. The number of amides is 1. The summed E-state index contributed by atoms with van der Waals surface area (Å²) >= 11 is 0. The van der Waals surface area contributed by atoms with Gasteiger partial charge < -0.3 is 9.84 Å². The normalized spacial score (nSPS) is 21.0. The third-order valence-electron chi connectivity index (χ3n) is 3.70. The summed E-state index contributed by atoms with van der Waals surface area (Å²) in [5.74, 6) is -4.26. The summed E-state index contributed by atoms with van der Waals surface area (Å²) in [5.41, 5.74) is -0.236. The van der Waals surface area contributed by atoms with Crippen LogP contribution in [0.5, 0.6) is 0 Å². The third kappa shape index (κ3) is 3.46. The number of likely N-dealkylation sites (tertiary alicyclic amines) is 1. The Kier molecular flexibility index (Phi) is 4.92. The molecule has 1 heterocycles. The number of rotatable bonds is 3. The number of carbonyl (C=O) groups is 2. The largest absolute Gasteiger partial charge is 0.466 e. The van der Waals surface area contributed by atoms with Crippen LogP contribution in [0.4, 0.5) is 18.0 Å². The van der Waals surface area contributed by atoms with Gasteiger partial charge in [-0.1, -0.05) is 6.08 Å². The standard InChI is InChI=1S/C15H14F3NO4/c1-23-14(20)5-3-8-2-4-13(19(8)15(21)22)9-6-11(17)12(18)7-10(9)16/h3,5-8,13H,2,4H2,1H3,(H,21,22)/t8-,13+/m1/s1. The Morgan fingerprint density at radius 3 is 2.48 bits per heavy atom. The molecule has 0 aromatic heterocycles. The first-order valence-corrected chi connectivity index (χ1v) is 6.77. The van der Waals surface area contributed by atoms with Gasteiger partial charge in [0.05, 0.1) is 19.2 Å². The number of hydrogen-bond donors (Lipinski definition) is 1. The van der Waals surface area contributed by atoms with E-state index in [0.717, 1.165) is 11.0 Å². The molecule has 0 unspecified atom stereocenters. The Morgan fingerprint density at radius 2 is 1.87 bits per heavy atom. The smallest absolute Gasteiger partial charge is 0.408 e. The van der Waals surface area contributed by atoms with Gasteiger partial charge >= 0.3 is 12.1 Å². The van der Waals surface area contributed by atoms with Crippen LogP contribution >= 0.6 is 0 Å². The second-order valence-electron chi connectivity index (χ2n) is 5.02. The van der Waals surface area contributed by atoms with E-state index in [0.29, 0.717) is 18.6 Å². The van der Waals surface area contributed by atoms with Gasteiger partial charge in [-0.25, -0.2) is 22.8 Å². The highest BCUT2D eigenvalue weighted by Gasteiger charge is 2.38. The zero-order valence-electron chi connectivity index (χ0n) is 12.1. The number of carbonyl (C=O) groups excluding carboxylic acids is 1. The fraction of sp³-hybridized carbons (Fsp3) is 0.333. The predicted octanol–water partition coefficient (Wildman–Crippen LogP) is 3.02. The molecule has 2 rings (SSSR count). The van der Waals surface area contributed by atoms with Gasteiger partial charge in [0, 0.05) is 17.7 Å². The van der Waals surface area contributed by atoms with E-state index in [-0.39, 0.29) is 12.0 Å². The summed E-state index contributed by atoms with van der Waals surface area (Å²) in [4.78, 5) is 23.5. The lowest BCUT2D eigenvalue weighted by atomic mass is 10.0. The molecule has 1 fully saturated rings. The minimum Gasteiger partial charge on any atom is -0.466 e. The van der Waals surface area contributed by atoms with Crippen LogP contribution in [-0.4, -0.2) is 35.2 Å². The molecule has 0 spiro atoms. The molecule has 1 aliphatic heterocycles. The second kappa shape index (κ2) is 6.72. The molecule has 23 heavy (non-hydrogen) atoms. The highest BCUT2D eigenvalue weighted by molar-refractivity contribution is 5.82. The van der Waals surface area contributed by atoms with Crippen LogP contribution in [0, 0.1) is 17.5 Å². The van der Waals surface area contributed by atoms with Crippen molar-refractivity contribution in [2.24, 2.45) is 0 Å². The van der Waals surface area contributed by atoms with Crippen molar-refractivity contribution in [3.63, 3.8) is 0 Å². The summed E-state index contributed by atoms with van der Waals surface area (Å²) < 4.78 is 44.7. The lowest BCUT2D eigenvalue weighted by molar-refractivity contribution is -0.134. The molecule has 8 heteroatoms. The van der Waals surface area contributed by atoms with Crippen LogP contribution < -0.4 is 0 Å². The molecule has 1 aromatic carbocycles. The molecule has 1 aliphatic rings. The van der Waals surface area contributed by atoms with Gasteiger partial charge in [-0.15, -0.1) is 0 Å². The number of nitrogens with zero attached hydrogens (tertiary/aromatic N) is 1. The zero-order chi connectivity index (χ0) is 17.1. The van der Waals surface area contributed by atoms with Gasteiger partial charge in [-0.05, 0) is 18.9 Å². The molecule has 0 bridgehead atoms. The molecule has 2 atom stereocenters. The topological polar surface area (TPSA) is 66.8 Å². The molecule has 0 saturated carbocycles. The van der Waals surface area contributed by atoms with Crippen molar-refractivity contribution in [3.8, 4) is 0 Å². The number of carboxylic acid groups (broad SMARTS) is 1. The number of halogens is 3. The van der Waals surface area contributed by atoms with Crippen LogP contribution in [0.25, 0.3) is 0 Å². The lowest BCUT2D eigenvalue weighted by Crippen LogP contribution is -2.35. The van der Waals surface area contributed by atoms with Gasteiger partial charge in [0.2, 0.25) is 0 Å². The number of hydrogen-bond acceptors (Lipinski definition) is 3. The molecule has 0 aliphatic carbocycles. The van der Waals surface area contributed by atoms with E-state index < -0.39 is 41.6 Å². The Bertz CT molecular complexity index is 662. The minimum atomic E-state index is -1.35. The summed E-state index contributed by atoms with van der Waals surface area (Å²) in [5, 5.41) is 9.34. The first kappa shape index (κ1) is 16.9. The fourth-order valence-electron chi connectivity index (χ4n) is 2.66. The third-order valence-corrected chi connectivity index (χ3v) is 3.70. The van der Waals surface area contributed by atoms with Gasteiger partial charge in [0.25, 0.3) is 0 Å². The van der Waals surface area contributed by atoms with Crippen LogP contribution in [-0.2, 0) is 9.53 Å². The van der Waals surface area contributed by atoms with Crippen molar-refractivity contribution in [2.75, 3.05) is 7.11 Å². The molecule has 124 valence electrons. The summed E-state index contributed by atoms with van der Waals surface area (Å²) in [6.45, 7) is 0. The van der Waals surface area contributed by atoms with Gasteiger partial charge in [0.1, 0.15) is 5.82 Å². The highest BCUT2D eigenvalue weighted by Crippen LogP contribution is 2.38. The molecule has 5 nitrogen and oxygen atoms in total. The van der Waals surface area contributed by atoms with Crippen molar-refractivity contribution in [3.05, 3.63) is 47.3 Å². The Labute approximate surface area is 130 Å². The van der Waals surface area contributed by atoms with Crippen molar-refractivity contribution in [1.29, 1.82) is 0 Å². The molecular formula is C15H14F3NO4. The minimum absolute atomic E-state index is 0.213. The molecular weight excluding hydrogens is 315 g/mol. The second-order valence-corrected chi connectivity index (χ2v) is 5.02. The van der Waals surface area contributed by atoms with Gasteiger partial charge in [-0.2, -0.15) is 0 Å². The average molecular weight is 329 g/mol. The first-order chi connectivity index (χ1) is 10.8. The first-order valence-electron chi connectivity index (χ1n) is 6.77. The van der Waals surface area contributed by atoms with E-state index in [1.165, 1.54) is 13.2 Å². The molecule has 1 saturated heterocycles. The van der Waals surface area contributed by atoms with E-state index >= 15 is 0 Å². The van der Waals surface area contributed by atoms with E-state index in [4.69, 9.17) is 0 Å². The number of ether oxygens (including phenoxy) is 1. The lowest BCUT2D eigenvalue weighted by Gasteiger charge is -2.26. The summed E-state index contributed by atoms with van der Waals surface area (Å²) in [7, 11) is 1.18. The Morgan fingerprint density at radius 1 is 1.22 bits per heavy atom.